The lowest BCUT2D eigenvalue weighted by atomic mass is 9.96. The minimum absolute atomic E-state index is 0.483. The fourth-order valence-corrected chi connectivity index (χ4v) is 3.37. The maximum atomic E-state index is 3.79. The van der Waals surface area contributed by atoms with Crippen LogP contribution < -0.4 is 5.32 Å². The maximum absolute atomic E-state index is 3.79. The van der Waals surface area contributed by atoms with Gasteiger partial charge in [0.1, 0.15) is 0 Å². The third-order valence-electron chi connectivity index (χ3n) is 5.22. The second-order valence-electron chi connectivity index (χ2n) is 7.29. The van der Waals surface area contributed by atoms with Crippen LogP contribution in [0.4, 0.5) is 0 Å². The van der Waals surface area contributed by atoms with E-state index in [4.69, 9.17) is 0 Å². The summed E-state index contributed by atoms with van der Waals surface area (Å²) in [7, 11) is 0. The first kappa shape index (κ1) is 14.1. The van der Waals surface area contributed by atoms with E-state index in [1.807, 2.05) is 0 Å². The lowest BCUT2D eigenvalue weighted by Crippen LogP contribution is -2.28. The molecular formula is C19H29N. The van der Waals surface area contributed by atoms with Crippen molar-refractivity contribution >= 4 is 0 Å². The van der Waals surface area contributed by atoms with Gasteiger partial charge < -0.3 is 5.32 Å². The molecule has 2 saturated carbocycles. The van der Waals surface area contributed by atoms with E-state index in [0.29, 0.717) is 12.0 Å². The molecule has 0 spiro atoms. The Morgan fingerprint density at radius 1 is 0.900 bits per heavy atom. The average Bonchev–Trinajstić information content (AvgIpc) is 3.32. The van der Waals surface area contributed by atoms with Gasteiger partial charge in [0.2, 0.25) is 0 Å². The van der Waals surface area contributed by atoms with E-state index in [0.717, 1.165) is 17.8 Å². The number of hydrogen-bond acceptors (Lipinski definition) is 1. The van der Waals surface area contributed by atoms with Gasteiger partial charge in [-0.25, -0.2) is 0 Å². The van der Waals surface area contributed by atoms with E-state index in [-0.39, 0.29) is 0 Å². The summed E-state index contributed by atoms with van der Waals surface area (Å²) in [5.41, 5.74) is 2.87. The van der Waals surface area contributed by atoms with Crippen molar-refractivity contribution < 1.29 is 0 Å². The van der Waals surface area contributed by atoms with Gasteiger partial charge in [0.25, 0.3) is 0 Å². The molecule has 110 valence electrons. The third kappa shape index (κ3) is 3.44. The minimum Gasteiger partial charge on any atom is -0.310 e. The first-order valence-corrected chi connectivity index (χ1v) is 8.48. The van der Waals surface area contributed by atoms with Gasteiger partial charge in [0.15, 0.2) is 0 Å². The molecule has 0 saturated heterocycles. The van der Waals surface area contributed by atoms with Crippen LogP contribution in [0.2, 0.25) is 0 Å². The quantitative estimate of drug-likeness (QED) is 0.744. The molecule has 1 unspecified atom stereocenters. The molecule has 1 aromatic rings. The summed E-state index contributed by atoms with van der Waals surface area (Å²) in [5, 5.41) is 3.79. The van der Waals surface area contributed by atoms with E-state index in [2.05, 4.69) is 50.4 Å². The van der Waals surface area contributed by atoms with Crippen molar-refractivity contribution in [2.45, 2.75) is 58.4 Å². The normalized spacial score (nSPS) is 20.6. The third-order valence-corrected chi connectivity index (χ3v) is 5.22. The molecule has 1 aromatic carbocycles. The summed E-state index contributed by atoms with van der Waals surface area (Å²) < 4.78 is 0. The summed E-state index contributed by atoms with van der Waals surface area (Å²) in [4.78, 5) is 0. The predicted molar refractivity (Wildman–Crippen MR) is 85.9 cm³/mol. The van der Waals surface area contributed by atoms with Gasteiger partial charge in [-0.05, 0) is 74.0 Å². The Bertz CT molecular complexity index is 414. The van der Waals surface area contributed by atoms with E-state index < -0.39 is 0 Å². The standard InChI is InChI=1S/C19H29N/c1-13(2)15-4-6-16(7-5-15)14(3)20-12-19(17-8-9-17)18-10-11-18/h4-7,13-14,17-20H,8-12H2,1-3H3. The van der Waals surface area contributed by atoms with Crippen molar-refractivity contribution in [3.63, 3.8) is 0 Å². The highest BCUT2D eigenvalue weighted by Gasteiger charge is 2.41. The van der Waals surface area contributed by atoms with Crippen LogP contribution >= 0.6 is 0 Å². The van der Waals surface area contributed by atoms with Crippen molar-refractivity contribution in [3.8, 4) is 0 Å². The van der Waals surface area contributed by atoms with Gasteiger partial charge in [-0.15, -0.1) is 0 Å². The predicted octanol–water partition coefficient (Wildman–Crippen LogP) is 4.90. The van der Waals surface area contributed by atoms with Gasteiger partial charge in [-0.1, -0.05) is 38.1 Å². The summed E-state index contributed by atoms with van der Waals surface area (Å²) in [6.45, 7) is 8.04. The van der Waals surface area contributed by atoms with Crippen molar-refractivity contribution in [1.82, 2.24) is 5.32 Å². The van der Waals surface area contributed by atoms with Crippen LogP contribution in [0.25, 0.3) is 0 Å². The molecule has 0 heterocycles. The van der Waals surface area contributed by atoms with Crippen LogP contribution in [-0.4, -0.2) is 6.54 Å². The Hall–Kier alpha value is -0.820. The summed E-state index contributed by atoms with van der Waals surface area (Å²) in [5.74, 6) is 3.69. The summed E-state index contributed by atoms with van der Waals surface area (Å²) in [6, 6.07) is 9.66. The van der Waals surface area contributed by atoms with Gasteiger partial charge in [0, 0.05) is 6.04 Å². The first-order valence-electron chi connectivity index (χ1n) is 8.48. The Kier molecular flexibility index (Phi) is 4.16. The molecule has 3 rings (SSSR count). The van der Waals surface area contributed by atoms with E-state index in [1.54, 1.807) is 0 Å². The Morgan fingerprint density at radius 2 is 1.40 bits per heavy atom. The summed E-state index contributed by atoms with van der Waals surface area (Å²) >= 11 is 0. The molecule has 1 atom stereocenters. The van der Waals surface area contributed by atoms with Crippen LogP contribution in [0.5, 0.6) is 0 Å². The number of rotatable bonds is 7. The second kappa shape index (κ2) is 5.89. The number of benzene rings is 1. The van der Waals surface area contributed by atoms with Gasteiger partial charge in [-0.2, -0.15) is 0 Å². The molecule has 0 bridgehead atoms. The molecule has 20 heavy (non-hydrogen) atoms. The van der Waals surface area contributed by atoms with Crippen LogP contribution in [0, 0.1) is 17.8 Å². The minimum atomic E-state index is 0.483. The lowest BCUT2D eigenvalue weighted by molar-refractivity contribution is 0.362. The zero-order chi connectivity index (χ0) is 14.1. The highest BCUT2D eigenvalue weighted by molar-refractivity contribution is 5.26. The van der Waals surface area contributed by atoms with E-state index in [9.17, 15) is 0 Å². The number of nitrogens with one attached hydrogen (secondary N) is 1. The molecule has 2 fully saturated rings. The molecule has 0 amide bonds. The lowest BCUT2D eigenvalue weighted by Gasteiger charge is -2.21. The largest absolute Gasteiger partial charge is 0.310 e. The second-order valence-corrected chi connectivity index (χ2v) is 7.29. The summed E-state index contributed by atoms with van der Waals surface area (Å²) in [6.07, 6.45) is 5.95. The Balaban J connectivity index is 1.53. The molecule has 2 aliphatic rings. The Labute approximate surface area is 124 Å². The molecule has 0 aliphatic heterocycles. The molecule has 1 N–H and O–H groups in total. The van der Waals surface area contributed by atoms with Crippen LogP contribution in [0.1, 0.15) is 69.5 Å². The number of hydrogen-bond donors (Lipinski definition) is 1. The van der Waals surface area contributed by atoms with Crippen molar-refractivity contribution in [2.24, 2.45) is 17.8 Å². The molecule has 1 heteroatoms. The highest BCUT2D eigenvalue weighted by atomic mass is 14.9. The monoisotopic (exact) mass is 271 g/mol. The van der Waals surface area contributed by atoms with E-state index >= 15 is 0 Å². The highest BCUT2D eigenvalue weighted by Crippen LogP contribution is 2.48. The van der Waals surface area contributed by atoms with Gasteiger partial charge in [-0.3, -0.25) is 0 Å². The van der Waals surface area contributed by atoms with Crippen molar-refractivity contribution in [2.75, 3.05) is 6.54 Å². The van der Waals surface area contributed by atoms with Crippen LogP contribution in [0.3, 0.4) is 0 Å². The molecule has 2 aliphatic carbocycles. The van der Waals surface area contributed by atoms with E-state index in [1.165, 1.54) is 43.4 Å². The topological polar surface area (TPSA) is 12.0 Å². The fraction of sp³-hybridized carbons (Fsp3) is 0.684. The Morgan fingerprint density at radius 3 is 1.85 bits per heavy atom. The van der Waals surface area contributed by atoms with Crippen molar-refractivity contribution in [3.05, 3.63) is 35.4 Å². The van der Waals surface area contributed by atoms with Gasteiger partial charge in [0.05, 0.1) is 0 Å². The maximum Gasteiger partial charge on any atom is 0.0291 e. The zero-order valence-corrected chi connectivity index (χ0v) is 13.2. The SMILES string of the molecule is CC(C)c1ccc(C(C)NCC(C2CC2)C2CC2)cc1. The molecule has 0 radical (unpaired) electrons. The van der Waals surface area contributed by atoms with Crippen LogP contribution in [0.15, 0.2) is 24.3 Å². The zero-order valence-electron chi connectivity index (χ0n) is 13.2. The van der Waals surface area contributed by atoms with Crippen LogP contribution in [-0.2, 0) is 0 Å². The van der Waals surface area contributed by atoms with Crippen molar-refractivity contribution in [1.29, 1.82) is 0 Å². The van der Waals surface area contributed by atoms with Gasteiger partial charge >= 0.3 is 0 Å². The molecule has 1 nitrogen and oxygen atoms in total. The first-order chi connectivity index (χ1) is 9.65. The average molecular weight is 271 g/mol. The molecule has 0 aromatic heterocycles. The molecular weight excluding hydrogens is 242 g/mol. The smallest absolute Gasteiger partial charge is 0.0291 e. The fourth-order valence-electron chi connectivity index (χ4n) is 3.37.